The Morgan fingerprint density at radius 2 is 2.37 bits per heavy atom. The summed E-state index contributed by atoms with van der Waals surface area (Å²) in [6.07, 6.45) is 3.14. The fraction of sp³-hybridized carbons (Fsp3) is 0.500. The first-order valence-electron chi connectivity index (χ1n) is 6.44. The van der Waals surface area contributed by atoms with Gasteiger partial charge >= 0.3 is 5.97 Å². The first-order chi connectivity index (χ1) is 9.09. The van der Waals surface area contributed by atoms with E-state index in [4.69, 9.17) is 9.84 Å². The molecular formula is C14H18FNO3. The van der Waals surface area contributed by atoms with Crippen molar-refractivity contribution in [3.8, 4) is 5.75 Å². The van der Waals surface area contributed by atoms with Gasteiger partial charge in [0, 0.05) is 6.04 Å². The second-order valence-electron chi connectivity index (χ2n) is 4.83. The maximum absolute atomic E-state index is 13.4. The van der Waals surface area contributed by atoms with E-state index in [2.05, 4.69) is 11.9 Å². The van der Waals surface area contributed by atoms with E-state index in [0.717, 1.165) is 25.5 Å². The summed E-state index contributed by atoms with van der Waals surface area (Å²) in [6.45, 7) is 1.49. The number of aromatic carboxylic acids is 1. The molecule has 1 aliphatic rings. The van der Waals surface area contributed by atoms with Crippen LogP contribution in [0.2, 0.25) is 0 Å². The minimum atomic E-state index is -1.30. The van der Waals surface area contributed by atoms with Crippen LogP contribution >= 0.6 is 0 Å². The first kappa shape index (κ1) is 13.8. The number of hydrogen-bond donors (Lipinski definition) is 1. The minimum absolute atomic E-state index is 0.105. The Labute approximate surface area is 111 Å². The number of ether oxygens (including phenoxy) is 1. The predicted octanol–water partition coefficient (Wildman–Crippen LogP) is 2.39. The summed E-state index contributed by atoms with van der Waals surface area (Å²) in [6, 6.07) is 4.55. The highest BCUT2D eigenvalue weighted by atomic mass is 19.1. The Morgan fingerprint density at radius 1 is 1.58 bits per heavy atom. The Balaban J connectivity index is 1.96. The van der Waals surface area contributed by atoms with Crippen molar-refractivity contribution in [2.75, 3.05) is 20.2 Å². The molecule has 1 aromatic rings. The molecule has 0 bridgehead atoms. The van der Waals surface area contributed by atoms with Crippen LogP contribution in [0.5, 0.6) is 5.75 Å². The Hall–Kier alpha value is -1.62. The average molecular weight is 267 g/mol. The SMILES string of the molecule is CN1CCCC1CCOc1cccc(F)c1C(=O)O. The molecule has 1 heterocycles. The average Bonchev–Trinajstić information content (AvgIpc) is 2.75. The molecule has 0 saturated carbocycles. The van der Waals surface area contributed by atoms with Crippen LogP contribution in [0, 0.1) is 5.82 Å². The summed E-state index contributed by atoms with van der Waals surface area (Å²) in [4.78, 5) is 13.3. The molecule has 0 aliphatic carbocycles. The highest BCUT2D eigenvalue weighted by Crippen LogP contribution is 2.23. The van der Waals surface area contributed by atoms with Gasteiger partial charge in [-0.25, -0.2) is 9.18 Å². The summed E-state index contributed by atoms with van der Waals surface area (Å²) in [5.41, 5.74) is -0.387. The fourth-order valence-corrected chi connectivity index (χ4v) is 2.48. The highest BCUT2D eigenvalue weighted by molar-refractivity contribution is 5.91. The molecule has 0 radical (unpaired) electrons. The van der Waals surface area contributed by atoms with E-state index >= 15 is 0 Å². The van der Waals surface area contributed by atoms with Crippen LogP contribution in [0.1, 0.15) is 29.6 Å². The van der Waals surface area contributed by atoms with Crippen LogP contribution < -0.4 is 4.74 Å². The third kappa shape index (κ3) is 3.23. The molecule has 5 heteroatoms. The molecule has 19 heavy (non-hydrogen) atoms. The van der Waals surface area contributed by atoms with Crippen molar-refractivity contribution in [3.63, 3.8) is 0 Å². The number of carbonyl (C=O) groups is 1. The molecule has 1 aromatic carbocycles. The summed E-state index contributed by atoms with van der Waals surface area (Å²) < 4.78 is 18.9. The zero-order valence-corrected chi connectivity index (χ0v) is 10.9. The van der Waals surface area contributed by atoms with E-state index in [1.54, 1.807) is 0 Å². The summed E-state index contributed by atoms with van der Waals surface area (Å²) >= 11 is 0. The van der Waals surface area contributed by atoms with Crippen LogP contribution in [-0.4, -0.2) is 42.2 Å². The largest absolute Gasteiger partial charge is 0.493 e. The van der Waals surface area contributed by atoms with Gasteiger partial charge in [0.1, 0.15) is 17.1 Å². The van der Waals surface area contributed by atoms with Gasteiger partial charge in [-0.2, -0.15) is 0 Å². The molecule has 1 fully saturated rings. The Bertz CT molecular complexity index is 464. The van der Waals surface area contributed by atoms with Gasteiger partial charge in [-0.05, 0) is 45.0 Å². The number of carboxylic acids is 1. The second kappa shape index (κ2) is 6.02. The van der Waals surface area contributed by atoms with Gasteiger partial charge < -0.3 is 14.7 Å². The molecule has 4 nitrogen and oxygen atoms in total. The van der Waals surface area contributed by atoms with Crippen molar-refractivity contribution in [2.24, 2.45) is 0 Å². The van der Waals surface area contributed by atoms with Gasteiger partial charge in [0.25, 0.3) is 0 Å². The standard InChI is InChI=1S/C14H18FNO3/c1-16-8-3-4-10(16)7-9-19-12-6-2-5-11(15)13(12)14(17)18/h2,5-6,10H,3-4,7-9H2,1H3,(H,17,18). The number of halogens is 1. The van der Waals surface area contributed by atoms with Crippen LogP contribution in [-0.2, 0) is 0 Å². The molecular weight excluding hydrogens is 249 g/mol. The Morgan fingerprint density at radius 3 is 3.00 bits per heavy atom. The van der Waals surface area contributed by atoms with Crippen LogP contribution in [0.25, 0.3) is 0 Å². The normalized spacial score (nSPS) is 19.6. The van der Waals surface area contributed by atoms with E-state index in [-0.39, 0.29) is 11.3 Å². The third-order valence-electron chi connectivity index (χ3n) is 3.57. The number of hydrogen-bond acceptors (Lipinski definition) is 3. The van der Waals surface area contributed by atoms with Gasteiger partial charge in [-0.3, -0.25) is 0 Å². The van der Waals surface area contributed by atoms with Gasteiger partial charge in [-0.1, -0.05) is 6.07 Å². The first-order valence-corrected chi connectivity index (χ1v) is 6.44. The number of benzene rings is 1. The van der Waals surface area contributed by atoms with E-state index in [9.17, 15) is 9.18 Å². The maximum atomic E-state index is 13.4. The van der Waals surface area contributed by atoms with Crippen LogP contribution in [0.4, 0.5) is 4.39 Å². The van der Waals surface area contributed by atoms with Crippen LogP contribution in [0.15, 0.2) is 18.2 Å². The van der Waals surface area contributed by atoms with Crippen molar-refractivity contribution in [3.05, 3.63) is 29.6 Å². The molecule has 1 aliphatic heterocycles. The molecule has 0 spiro atoms. The van der Waals surface area contributed by atoms with E-state index in [0.29, 0.717) is 12.6 Å². The number of carboxylic acid groups (broad SMARTS) is 1. The van der Waals surface area contributed by atoms with E-state index in [1.807, 2.05) is 0 Å². The second-order valence-corrected chi connectivity index (χ2v) is 4.83. The third-order valence-corrected chi connectivity index (χ3v) is 3.57. The van der Waals surface area contributed by atoms with Crippen molar-refractivity contribution in [1.29, 1.82) is 0 Å². The van der Waals surface area contributed by atoms with Gasteiger partial charge in [0.05, 0.1) is 6.61 Å². The maximum Gasteiger partial charge on any atom is 0.342 e. The van der Waals surface area contributed by atoms with Gasteiger partial charge in [0.15, 0.2) is 0 Å². The number of rotatable bonds is 5. The lowest BCUT2D eigenvalue weighted by atomic mass is 10.1. The quantitative estimate of drug-likeness (QED) is 0.890. The zero-order valence-electron chi connectivity index (χ0n) is 10.9. The number of likely N-dealkylation sites (tertiary alicyclic amines) is 1. The lowest BCUT2D eigenvalue weighted by Gasteiger charge is -2.19. The molecule has 0 amide bonds. The zero-order chi connectivity index (χ0) is 13.8. The molecule has 1 N–H and O–H groups in total. The van der Waals surface area contributed by atoms with Crippen molar-refractivity contribution < 1.29 is 19.0 Å². The summed E-state index contributed by atoms with van der Waals surface area (Å²) in [5.74, 6) is -1.96. The van der Waals surface area contributed by atoms with Gasteiger partial charge in [0.2, 0.25) is 0 Å². The van der Waals surface area contributed by atoms with E-state index in [1.165, 1.54) is 18.6 Å². The summed E-state index contributed by atoms with van der Waals surface area (Å²) in [5, 5.41) is 8.97. The lowest BCUT2D eigenvalue weighted by Crippen LogP contribution is -2.26. The van der Waals surface area contributed by atoms with Crippen molar-refractivity contribution in [2.45, 2.75) is 25.3 Å². The minimum Gasteiger partial charge on any atom is -0.493 e. The van der Waals surface area contributed by atoms with Gasteiger partial charge in [-0.15, -0.1) is 0 Å². The molecule has 2 rings (SSSR count). The van der Waals surface area contributed by atoms with Crippen molar-refractivity contribution >= 4 is 5.97 Å². The highest BCUT2D eigenvalue weighted by Gasteiger charge is 2.21. The molecule has 1 unspecified atom stereocenters. The van der Waals surface area contributed by atoms with E-state index < -0.39 is 11.8 Å². The number of nitrogens with zero attached hydrogens (tertiary/aromatic N) is 1. The Kier molecular flexibility index (Phi) is 4.37. The molecule has 1 atom stereocenters. The molecule has 1 saturated heterocycles. The monoisotopic (exact) mass is 267 g/mol. The summed E-state index contributed by atoms with van der Waals surface area (Å²) in [7, 11) is 2.07. The topological polar surface area (TPSA) is 49.8 Å². The fourth-order valence-electron chi connectivity index (χ4n) is 2.48. The smallest absolute Gasteiger partial charge is 0.342 e. The molecule has 0 aromatic heterocycles. The van der Waals surface area contributed by atoms with Crippen molar-refractivity contribution in [1.82, 2.24) is 4.90 Å². The molecule has 104 valence electrons. The lowest BCUT2D eigenvalue weighted by molar-refractivity contribution is 0.0686. The predicted molar refractivity (Wildman–Crippen MR) is 69.1 cm³/mol. The van der Waals surface area contributed by atoms with Crippen LogP contribution in [0.3, 0.4) is 0 Å².